The van der Waals surface area contributed by atoms with Gasteiger partial charge in [-0.15, -0.1) is 0 Å². The molecule has 0 atom stereocenters. The zero-order chi connectivity index (χ0) is 18.7. The average molecular weight is 430 g/mol. The molecule has 0 saturated carbocycles. The van der Waals surface area contributed by atoms with Crippen molar-refractivity contribution in [3.05, 3.63) is 94.5 Å². The first-order chi connectivity index (χ1) is 12.4. The maximum atomic E-state index is 13.2. The number of rotatable bonds is 4. The second-order valence-electron chi connectivity index (χ2n) is 5.73. The van der Waals surface area contributed by atoms with E-state index >= 15 is 0 Å². The molecule has 0 fully saturated rings. The summed E-state index contributed by atoms with van der Waals surface area (Å²) in [4.78, 5) is 13.2. The number of hydrogen-bond donors (Lipinski definition) is 0. The molecule has 0 radical (unpaired) electrons. The first-order valence-electron chi connectivity index (χ1n) is 7.86. The molecule has 0 aliphatic rings. The number of hydrogen-bond acceptors (Lipinski definition) is 3. The van der Waals surface area contributed by atoms with E-state index in [0.717, 1.165) is 9.87 Å². The maximum absolute atomic E-state index is 13.2. The number of anilines is 1. The van der Waals surface area contributed by atoms with Gasteiger partial charge in [0.2, 0.25) is 0 Å². The number of amides is 1. The standard InChI is InChI=1S/C20H16BrNO3S/c1-15-10-12-19(13-11-15)26(24,25)22(18-8-3-2-4-9-18)20(23)16-6-5-7-17(21)14-16/h2-14H,1H3. The zero-order valence-electron chi connectivity index (χ0n) is 14.0. The Hall–Kier alpha value is -2.44. The zero-order valence-corrected chi connectivity index (χ0v) is 16.4. The third-order valence-electron chi connectivity index (χ3n) is 3.81. The number of carbonyl (C=O) groups excluding carboxylic acids is 1. The SMILES string of the molecule is Cc1ccc(S(=O)(=O)N(C(=O)c2cccc(Br)c2)c2ccccc2)cc1. The molecule has 0 aliphatic heterocycles. The molecule has 0 aliphatic carbocycles. The van der Waals surface area contributed by atoms with Crippen LogP contribution in [-0.4, -0.2) is 14.3 Å². The minimum atomic E-state index is -4.06. The van der Waals surface area contributed by atoms with Gasteiger partial charge in [-0.1, -0.05) is 57.9 Å². The smallest absolute Gasteiger partial charge is 0.268 e. The molecule has 4 nitrogen and oxygen atoms in total. The van der Waals surface area contributed by atoms with E-state index in [9.17, 15) is 13.2 Å². The largest absolute Gasteiger partial charge is 0.272 e. The van der Waals surface area contributed by atoms with Crippen LogP contribution in [0.5, 0.6) is 0 Å². The summed E-state index contributed by atoms with van der Waals surface area (Å²) in [5.74, 6) is -0.613. The number of halogens is 1. The quantitative estimate of drug-likeness (QED) is 0.598. The first kappa shape index (κ1) is 18.4. The van der Waals surface area contributed by atoms with Crippen LogP contribution in [0.3, 0.4) is 0 Å². The lowest BCUT2D eigenvalue weighted by Gasteiger charge is -2.23. The van der Waals surface area contributed by atoms with E-state index in [1.165, 1.54) is 12.1 Å². The van der Waals surface area contributed by atoms with Crippen molar-refractivity contribution in [1.29, 1.82) is 0 Å². The monoisotopic (exact) mass is 429 g/mol. The molecular formula is C20H16BrNO3S. The summed E-state index contributed by atoms with van der Waals surface area (Å²) in [6.45, 7) is 1.87. The predicted octanol–water partition coefficient (Wildman–Crippen LogP) is 4.79. The van der Waals surface area contributed by atoms with Crippen molar-refractivity contribution in [3.63, 3.8) is 0 Å². The van der Waals surface area contributed by atoms with E-state index in [2.05, 4.69) is 15.9 Å². The summed E-state index contributed by atoms with van der Waals surface area (Å²) in [5, 5.41) is 0. The minimum Gasteiger partial charge on any atom is -0.268 e. The molecule has 3 aromatic carbocycles. The summed E-state index contributed by atoms with van der Waals surface area (Å²) < 4.78 is 28.0. The van der Waals surface area contributed by atoms with Crippen LogP contribution in [0.25, 0.3) is 0 Å². The van der Waals surface area contributed by atoms with Gasteiger partial charge in [-0.3, -0.25) is 4.79 Å². The van der Waals surface area contributed by atoms with Crippen molar-refractivity contribution >= 4 is 37.5 Å². The Kier molecular flexibility index (Phi) is 5.25. The molecule has 3 aromatic rings. The topological polar surface area (TPSA) is 54.5 Å². The van der Waals surface area contributed by atoms with E-state index < -0.39 is 15.9 Å². The van der Waals surface area contributed by atoms with Crippen LogP contribution in [0.1, 0.15) is 15.9 Å². The number of carbonyl (C=O) groups is 1. The molecule has 3 rings (SSSR count). The highest BCUT2D eigenvalue weighted by molar-refractivity contribution is 9.10. The van der Waals surface area contributed by atoms with Crippen molar-refractivity contribution in [2.75, 3.05) is 4.31 Å². The van der Waals surface area contributed by atoms with Crippen LogP contribution in [-0.2, 0) is 10.0 Å². The second-order valence-corrected chi connectivity index (χ2v) is 8.44. The Morgan fingerprint density at radius 3 is 2.15 bits per heavy atom. The van der Waals surface area contributed by atoms with E-state index in [4.69, 9.17) is 0 Å². The lowest BCUT2D eigenvalue weighted by atomic mass is 10.2. The van der Waals surface area contributed by atoms with Crippen LogP contribution in [0, 0.1) is 6.92 Å². The highest BCUT2D eigenvalue weighted by atomic mass is 79.9. The Bertz CT molecular complexity index is 1030. The van der Waals surface area contributed by atoms with Crippen LogP contribution >= 0.6 is 15.9 Å². The first-order valence-corrected chi connectivity index (χ1v) is 10.1. The fraction of sp³-hybridized carbons (Fsp3) is 0.0500. The predicted molar refractivity (Wildman–Crippen MR) is 106 cm³/mol. The summed E-state index contributed by atoms with van der Waals surface area (Å²) in [6.07, 6.45) is 0. The van der Waals surface area contributed by atoms with Gasteiger partial charge in [-0.05, 0) is 49.4 Å². The van der Waals surface area contributed by atoms with Crippen molar-refractivity contribution in [3.8, 4) is 0 Å². The molecule has 0 aromatic heterocycles. The van der Waals surface area contributed by atoms with E-state index in [0.29, 0.717) is 4.47 Å². The van der Waals surface area contributed by atoms with Gasteiger partial charge < -0.3 is 0 Å². The number of aryl methyl sites for hydroxylation is 1. The molecule has 6 heteroatoms. The Labute approximate surface area is 161 Å². The van der Waals surface area contributed by atoms with Gasteiger partial charge in [-0.2, -0.15) is 4.31 Å². The Morgan fingerprint density at radius 2 is 1.54 bits per heavy atom. The molecule has 0 heterocycles. The number of sulfonamides is 1. The van der Waals surface area contributed by atoms with Crippen LogP contribution in [0.2, 0.25) is 0 Å². The molecule has 0 N–H and O–H groups in total. The normalized spacial score (nSPS) is 11.2. The fourth-order valence-electron chi connectivity index (χ4n) is 2.48. The molecule has 26 heavy (non-hydrogen) atoms. The molecule has 1 amide bonds. The van der Waals surface area contributed by atoms with Crippen LogP contribution in [0.4, 0.5) is 5.69 Å². The fourth-order valence-corrected chi connectivity index (χ4v) is 4.30. The van der Waals surface area contributed by atoms with E-state index in [-0.39, 0.29) is 16.1 Å². The molecule has 0 spiro atoms. The second kappa shape index (κ2) is 7.43. The summed E-state index contributed by atoms with van der Waals surface area (Å²) in [5.41, 5.74) is 1.51. The minimum absolute atomic E-state index is 0.0651. The van der Waals surface area contributed by atoms with Gasteiger partial charge in [0.15, 0.2) is 0 Å². The number of para-hydroxylation sites is 1. The van der Waals surface area contributed by atoms with E-state index in [1.807, 2.05) is 6.92 Å². The van der Waals surface area contributed by atoms with Crippen LogP contribution < -0.4 is 4.31 Å². The molecule has 0 saturated heterocycles. The summed E-state index contributed by atoms with van der Waals surface area (Å²) >= 11 is 3.32. The molecular weight excluding hydrogens is 414 g/mol. The Morgan fingerprint density at radius 1 is 0.885 bits per heavy atom. The van der Waals surface area contributed by atoms with Gasteiger partial charge in [-0.25, -0.2) is 8.42 Å². The maximum Gasteiger partial charge on any atom is 0.272 e. The number of benzene rings is 3. The van der Waals surface area contributed by atoms with Crippen molar-refractivity contribution in [1.82, 2.24) is 0 Å². The Balaban J connectivity index is 2.15. The lowest BCUT2D eigenvalue weighted by molar-refractivity contribution is 0.101. The molecule has 0 bridgehead atoms. The van der Waals surface area contributed by atoms with Gasteiger partial charge in [0.05, 0.1) is 10.6 Å². The number of nitrogens with zero attached hydrogens (tertiary/aromatic N) is 1. The van der Waals surface area contributed by atoms with Gasteiger partial charge in [0.25, 0.3) is 15.9 Å². The summed E-state index contributed by atoms with van der Waals surface area (Å²) in [7, 11) is -4.06. The average Bonchev–Trinajstić information content (AvgIpc) is 2.63. The van der Waals surface area contributed by atoms with Crippen molar-refractivity contribution < 1.29 is 13.2 Å². The highest BCUT2D eigenvalue weighted by Gasteiger charge is 2.31. The lowest BCUT2D eigenvalue weighted by Crippen LogP contribution is -2.37. The van der Waals surface area contributed by atoms with Gasteiger partial charge in [0, 0.05) is 10.0 Å². The third kappa shape index (κ3) is 3.71. The van der Waals surface area contributed by atoms with E-state index in [1.54, 1.807) is 66.7 Å². The highest BCUT2D eigenvalue weighted by Crippen LogP contribution is 2.26. The van der Waals surface area contributed by atoms with Gasteiger partial charge >= 0.3 is 0 Å². The molecule has 132 valence electrons. The molecule has 0 unspecified atom stereocenters. The van der Waals surface area contributed by atoms with Crippen LogP contribution in [0.15, 0.2) is 88.2 Å². The van der Waals surface area contributed by atoms with Crippen molar-refractivity contribution in [2.45, 2.75) is 11.8 Å². The third-order valence-corrected chi connectivity index (χ3v) is 6.02. The van der Waals surface area contributed by atoms with Gasteiger partial charge in [0.1, 0.15) is 0 Å². The van der Waals surface area contributed by atoms with Crippen molar-refractivity contribution in [2.24, 2.45) is 0 Å². The summed E-state index contributed by atoms with van der Waals surface area (Å²) in [6, 6.07) is 21.5.